The van der Waals surface area contributed by atoms with Crippen LogP contribution in [0.2, 0.25) is 0 Å². The lowest BCUT2D eigenvalue weighted by Crippen LogP contribution is -2.46. The Balaban J connectivity index is 1.60. The number of hydrogen-bond donors (Lipinski definition) is 0. The Morgan fingerprint density at radius 2 is 1.83 bits per heavy atom. The number of methoxy groups -OCH3 is 1. The van der Waals surface area contributed by atoms with Crippen LogP contribution in [-0.4, -0.2) is 48.3 Å². The van der Waals surface area contributed by atoms with Gasteiger partial charge >= 0.3 is 5.97 Å². The molecule has 1 saturated heterocycles. The predicted molar refractivity (Wildman–Crippen MR) is 132 cm³/mol. The van der Waals surface area contributed by atoms with E-state index in [4.69, 9.17) is 4.74 Å². The number of nitrogens with zero attached hydrogens (tertiary/aromatic N) is 2. The number of carbonyl (C=O) groups excluding carboxylic acids is 4. The Kier molecular flexibility index (Phi) is 7.44. The molecule has 4 rings (SSSR count). The summed E-state index contributed by atoms with van der Waals surface area (Å²) in [6.07, 6.45) is 7.19. The van der Waals surface area contributed by atoms with Crippen molar-refractivity contribution in [3.05, 3.63) is 76.9 Å². The molecule has 2 aromatic carbocycles. The SMILES string of the molecule is COC(=O)c1ccc(N2C(=O)CC(N(CCC3=CCCCC3)C(=O)c3cccc(C)c3)C2=O)cc1. The fourth-order valence-corrected chi connectivity index (χ4v) is 4.73. The van der Waals surface area contributed by atoms with E-state index >= 15 is 0 Å². The molecule has 1 aliphatic heterocycles. The van der Waals surface area contributed by atoms with E-state index in [2.05, 4.69) is 6.08 Å². The van der Waals surface area contributed by atoms with Gasteiger partial charge in [-0.25, -0.2) is 9.69 Å². The van der Waals surface area contributed by atoms with E-state index in [1.54, 1.807) is 29.2 Å². The minimum Gasteiger partial charge on any atom is -0.465 e. The standard InChI is InChI=1S/C28H30N2O5/c1-19-7-6-10-22(17-19)26(32)29(16-15-20-8-4-3-5-9-20)24-18-25(31)30(27(24)33)23-13-11-21(12-14-23)28(34)35-2/h6-8,10-14,17,24H,3-5,9,15-16,18H2,1-2H3. The minimum atomic E-state index is -0.875. The van der Waals surface area contributed by atoms with Crippen LogP contribution in [0.1, 0.15) is 64.8 Å². The number of aryl methyl sites for hydroxylation is 1. The second-order valence-corrected chi connectivity index (χ2v) is 9.05. The van der Waals surface area contributed by atoms with E-state index in [9.17, 15) is 19.2 Å². The third kappa shape index (κ3) is 5.34. The van der Waals surface area contributed by atoms with Crippen molar-refractivity contribution in [2.24, 2.45) is 0 Å². The number of rotatable bonds is 7. The molecule has 0 N–H and O–H groups in total. The monoisotopic (exact) mass is 474 g/mol. The maximum Gasteiger partial charge on any atom is 0.337 e. The lowest BCUT2D eigenvalue weighted by atomic mass is 9.96. The van der Waals surface area contributed by atoms with E-state index in [-0.39, 0.29) is 18.2 Å². The normalized spacial score (nSPS) is 17.8. The number of ether oxygens (including phenoxy) is 1. The van der Waals surface area contributed by atoms with Crippen molar-refractivity contribution in [1.82, 2.24) is 4.90 Å². The molecule has 0 aromatic heterocycles. The summed E-state index contributed by atoms with van der Waals surface area (Å²) >= 11 is 0. The van der Waals surface area contributed by atoms with E-state index in [0.29, 0.717) is 29.8 Å². The second-order valence-electron chi connectivity index (χ2n) is 9.05. The Morgan fingerprint density at radius 1 is 1.06 bits per heavy atom. The maximum absolute atomic E-state index is 13.6. The molecule has 0 radical (unpaired) electrons. The van der Waals surface area contributed by atoms with Crippen LogP contribution >= 0.6 is 0 Å². The predicted octanol–water partition coefficient (Wildman–Crippen LogP) is 4.45. The van der Waals surface area contributed by atoms with Gasteiger partial charge in [0.1, 0.15) is 6.04 Å². The van der Waals surface area contributed by atoms with Gasteiger partial charge in [0.05, 0.1) is 24.8 Å². The van der Waals surface area contributed by atoms with Gasteiger partial charge in [-0.1, -0.05) is 29.3 Å². The van der Waals surface area contributed by atoms with Gasteiger partial charge in [0.25, 0.3) is 11.8 Å². The third-order valence-corrected chi connectivity index (χ3v) is 6.63. The molecular formula is C28H30N2O5. The van der Waals surface area contributed by atoms with Crippen LogP contribution in [0.25, 0.3) is 0 Å². The van der Waals surface area contributed by atoms with Gasteiger partial charge in [-0.3, -0.25) is 14.4 Å². The molecule has 1 unspecified atom stereocenters. The van der Waals surface area contributed by atoms with Crippen LogP contribution in [0.15, 0.2) is 60.2 Å². The van der Waals surface area contributed by atoms with Gasteiger partial charge in [-0.2, -0.15) is 0 Å². The molecule has 35 heavy (non-hydrogen) atoms. The highest BCUT2D eigenvalue weighted by molar-refractivity contribution is 6.23. The van der Waals surface area contributed by atoms with Crippen LogP contribution in [0.3, 0.4) is 0 Å². The Labute approximate surface area is 205 Å². The highest BCUT2D eigenvalue weighted by Gasteiger charge is 2.44. The summed E-state index contributed by atoms with van der Waals surface area (Å²) < 4.78 is 4.71. The number of carbonyl (C=O) groups is 4. The molecule has 1 aliphatic carbocycles. The molecule has 2 aliphatic rings. The summed E-state index contributed by atoms with van der Waals surface area (Å²) in [7, 11) is 1.29. The Hall–Kier alpha value is -3.74. The van der Waals surface area contributed by atoms with Crippen LogP contribution < -0.4 is 4.90 Å². The molecule has 0 spiro atoms. The first-order chi connectivity index (χ1) is 16.9. The van der Waals surface area contributed by atoms with Gasteiger partial charge in [-0.15, -0.1) is 0 Å². The summed E-state index contributed by atoms with van der Waals surface area (Å²) in [6.45, 7) is 2.29. The quantitative estimate of drug-likeness (QED) is 0.336. The lowest BCUT2D eigenvalue weighted by Gasteiger charge is -2.29. The van der Waals surface area contributed by atoms with Crippen molar-refractivity contribution in [3.8, 4) is 0 Å². The highest BCUT2D eigenvalue weighted by Crippen LogP contribution is 2.29. The van der Waals surface area contributed by atoms with E-state index in [0.717, 1.165) is 29.7 Å². The zero-order valence-corrected chi connectivity index (χ0v) is 20.2. The first kappa shape index (κ1) is 24.4. The zero-order chi connectivity index (χ0) is 24.9. The molecule has 1 atom stereocenters. The van der Waals surface area contributed by atoms with Crippen molar-refractivity contribution < 1.29 is 23.9 Å². The summed E-state index contributed by atoms with van der Waals surface area (Å²) in [4.78, 5) is 54.4. The smallest absolute Gasteiger partial charge is 0.337 e. The molecule has 0 saturated carbocycles. The van der Waals surface area contributed by atoms with Gasteiger partial charge in [0.2, 0.25) is 5.91 Å². The number of anilines is 1. The molecule has 1 fully saturated rings. The molecule has 2 aromatic rings. The fraction of sp³-hybridized carbons (Fsp3) is 0.357. The summed E-state index contributed by atoms with van der Waals surface area (Å²) in [6, 6.07) is 12.5. The minimum absolute atomic E-state index is 0.0752. The number of hydrogen-bond acceptors (Lipinski definition) is 5. The van der Waals surface area contributed by atoms with Crippen LogP contribution in [-0.2, 0) is 14.3 Å². The van der Waals surface area contributed by atoms with Gasteiger partial charge in [-0.05, 0) is 75.4 Å². The molecule has 1 heterocycles. The number of benzene rings is 2. The topological polar surface area (TPSA) is 84.0 Å². The summed E-state index contributed by atoms with van der Waals surface area (Å²) in [5.74, 6) is -1.55. The molecule has 7 nitrogen and oxygen atoms in total. The number of imide groups is 1. The molecule has 182 valence electrons. The Bertz CT molecular complexity index is 1170. The van der Waals surface area contributed by atoms with Crippen molar-refractivity contribution in [2.75, 3.05) is 18.6 Å². The first-order valence-corrected chi connectivity index (χ1v) is 12.0. The summed E-state index contributed by atoms with van der Waals surface area (Å²) in [5, 5.41) is 0. The summed E-state index contributed by atoms with van der Waals surface area (Å²) in [5.41, 5.74) is 3.44. The number of esters is 1. The molecule has 3 amide bonds. The average molecular weight is 475 g/mol. The highest BCUT2D eigenvalue weighted by atomic mass is 16.5. The largest absolute Gasteiger partial charge is 0.465 e. The van der Waals surface area contributed by atoms with Crippen molar-refractivity contribution >= 4 is 29.4 Å². The second kappa shape index (κ2) is 10.7. The molecule has 0 bridgehead atoms. The van der Waals surface area contributed by atoms with Gasteiger partial charge < -0.3 is 9.64 Å². The van der Waals surface area contributed by atoms with Crippen LogP contribution in [0.5, 0.6) is 0 Å². The van der Waals surface area contributed by atoms with Gasteiger partial charge in [0, 0.05) is 12.1 Å². The molecule has 7 heteroatoms. The Morgan fingerprint density at radius 3 is 2.49 bits per heavy atom. The van der Waals surface area contributed by atoms with Crippen molar-refractivity contribution in [2.45, 2.75) is 51.5 Å². The van der Waals surface area contributed by atoms with E-state index < -0.39 is 17.9 Å². The van der Waals surface area contributed by atoms with Crippen molar-refractivity contribution in [1.29, 1.82) is 0 Å². The average Bonchev–Trinajstić information content (AvgIpc) is 3.17. The third-order valence-electron chi connectivity index (χ3n) is 6.63. The van der Waals surface area contributed by atoms with Gasteiger partial charge in [0.15, 0.2) is 0 Å². The van der Waals surface area contributed by atoms with E-state index in [1.165, 1.54) is 31.2 Å². The lowest BCUT2D eigenvalue weighted by molar-refractivity contribution is -0.122. The number of amides is 3. The van der Waals surface area contributed by atoms with Crippen LogP contribution in [0, 0.1) is 6.92 Å². The maximum atomic E-state index is 13.6. The van der Waals surface area contributed by atoms with Crippen LogP contribution in [0.4, 0.5) is 5.69 Å². The first-order valence-electron chi connectivity index (χ1n) is 12.0. The fourth-order valence-electron chi connectivity index (χ4n) is 4.73. The van der Waals surface area contributed by atoms with Crippen molar-refractivity contribution in [3.63, 3.8) is 0 Å². The number of allylic oxidation sites excluding steroid dienone is 1. The molecular weight excluding hydrogens is 444 g/mol. The zero-order valence-electron chi connectivity index (χ0n) is 20.2. The van der Waals surface area contributed by atoms with E-state index in [1.807, 2.05) is 19.1 Å².